The largest absolute Gasteiger partial charge is 0.309 e. The normalized spacial score (nSPS) is 11.6. The Morgan fingerprint density at radius 3 is 1.57 bits per heavy atom. The summed E-state index contributed by atoms with van der Waals surface area (Å²) in [4.78, 5) is 20.4. The highest BCUT2D eigenvalue weighted by atomic mass is 15.2. The molecule has 11 rings (SSSR count). The summed E-state index contributed by atoms with van der Waals surface area (Å²) >= 11 is 0. The molecule has 11 aromatic rings. The number of para-hydroxylation sites is 3. The lowest BCUT2D eigenvalue weighted by atomic mass is 9.99. The van der Waals surface area contributed by atoms with Gasteiger partial charge in [-0.3, -0.25) is 9.55 Å². The molecule has 0 N–H and O–H groups in total. The first-order valence-corrected chi connectivity index (χ1v) is 18.7. The van der Waals surface area contributed by atoms with Crippen LogP contribution in [0.4, 0.5) is 0 Å². The number of aromatic nitrogens is 6. The third-order valence-electron chi connectivity index (χ3n) is 10.6. The summed E-state index contributed by atoms with van der Waals surface area (Å²) in [6.07, 6.45) is 1.91. The van der Waals surface area contributed by atoms with Crippen LogP contribution in [0.2, 0.25) is 0 Å². The van der Waals surface area contributed by atoms with Crippen LogP contribution in [0, 0.1) is 0 Å². The van der Waals surface area contributed by atoms with Crippen LogP contribution in [0.1, 0.15) is 0 Å². The summed E-state index contributed by atoms with van der Waals surface area (Å²) in [5.74, 6) is 1.75. The van der Waals surface area contributed by atoms with Crippen molar-refractivity contribution in [3.8, 4) is 56.8 Å². The van der Waals surface area contributed by atoms with Gasteiger partial charge in [0.2, 0.25) is 5.95 Å². The van der Waals surface area contributed by atoms with Crippen LogP contribution in [-0.2, 0) is 0 Å². The molecule has 0 spiro atoms. The van der Waals surface area contributed by atoms with E-state index in [4.69, 9.17) is 19.9 Å². The molecule has 0 atom stereocenters. The Hall–Kier alpha value is -7.70. The van der Waals surface area contributed by atoms with Gasteiger partial charge in [0.15, 0.2) is 11.6 Å². The number of benzene rings is 7. The summed E-state index contributed by atoms with van der Waals surface area (Å²) in [6.45, 7) is 0. The molecule has 7 aromatic carbocycles. The molecule has 56 heavy (non-hydrogen) atoms. The summed E-state index contributed by atoms with van der Waals surface area (Å²) in [6, 6.07) is 65.4. The molecule has 0 saturated heterocycles. The fraction of sp³-hybridized carbons (Fsp3) is 0. The van der Waals surface area contributed by atoms with Gasteiger partial charge in [-0.2, -0.15) is 9.97 Å². The first kappa shape index (κ1) is 31.8. The van der Waals surface area contributed by atoms with Crippen LogP contribution in [0.15, 0.2) is 194 Å². The minimum Gasteiger partial charge on any atom is -0.309 e. The standard InChI is InChI=1S/C50H32N6/c1-4-15-33(16-5-1)48-52-49(34-17-6-2-7-18-34)54-50(53-48)56-44-26-13-10-23-39(44)41-29-30-51-46(47(41)56)37-20-14-19-35(31-37)36-27-28-45-42(32-36)40-24-11-12-25-43(40)55(45)38-21-8-3-9-22-38/h1-32H. The fourth-order valence-corrected chi connectivity index (χ4v) is 8.08. The van der Waals surface area contributed by atoms with E-state index in [1.54, 1.807) is 0 Å². The number of hydrogen-bond acceptors (Lipinski definition) is 4. The van der Waals surface area contributed by atoms with Gasteiger partial charge in [-0.05, 0) is 59.7 Å². The Labute approximate surface area is 322 Å². The van der Waals surface area contributed by atoms with E-state index in [9.17, 15) is 0 Å². The Kier molecular flexibility index (Phi) is 7.38. The number of pyridine rings is 1. The smallest absolute Gasteiger partial charge is 0.238 e. The van der Waals surface area contributed by atoms with Crippen molar-refractivity contribution in [2.45, 2.75) is 0 Å². The predicted molar refractivity (Wildman–Crippen MR) is 228 cm³/mol. The maximum atomic E-state index is 5.16. The van der Waals surface area contributed by atoms with Gasteiger partial charge in [0.05, 0.1) is 27.8 Å². The quantitative estimate of drug-likeness (QED) is 0.172. The molecule has 0 aliphatic heterocycles. The highest BCUT2D eigenvalue weighted by Crippen LogP contribution is 2.39. The lowest BCUT2D eigenvalue weighted by Gasteiger charge is -2.13. The second-order valence-corrected chi connectivity index (χ2v) is 13.9. The van der Waals surface area contributed by atoms with Crippen molar-refractivity contribution < 1.29 is 0 Å². The zero-order valence-electron chi connectivity index (χ0n) is 30.2. The number of nitrogens with zero attached hydrogens (tertiary/aromatic N) is 6. The second-order valence-electron chi connectivity index (χ2n) is 13.9. The predicted octanol–water partition coefficient (Wildman–Crippen LogP) is 12.1. The van der Waals surface area contributed by atoms with Gasteiger partial charge in [-0.1, -0.05) is 140 Å². The topological polar surface area (TPSA) is 61.4 Å². The molecule has 0 saturated carbocycles. The van der Waals surface area contributed by atoms with E-state index in [0.717, 1.165) is 61.0 Å². The average molecular weight is 717 g/mol. The monoisotopic (exact) mass is 716 g/mol. The fourth-order valence-electron chi connectivity index (χ4n) is 8.08. The number of fused-ring (bicyclic) bond motifs is 6. The third kappa shape index (κ3) is 5.19. The van der Waals surface area contributed by atoms with Gasteiger partial charge < -0.3 is 4.57 Å². The van der Waals surface area contributed by atoms with Gasteiger partial charge in [-0.15, -0.1) is 0 Å². The van der Waals surface area contributed by atoms with Crippen LogP contribution in [0.3, 0.4) is 0 Å². The van der Waals surface area contributed by atoms with Crippen LogP contribution in [-0.4, -0.2) is 29.1 Å². The van der Waals surface area contributed by atoms with E-state index in [0.29, 0.717) is 17.6 Å². The molecule has 4 aromatic heterocycles. The van der Waals surface area contributed by atoms with Gasteiger partial charge in [0.1, 0.15) is 0 Å². The Balaban J connectivity index is 1.12. The molecule has 0 unspecified atom stereocenters. The van der Waals surface area contributed by atoms with E-state index >= 15 is 0 Å². The maximum Gasteiger partial charge on any atom is 0.238 e. The first-order chi connectivity index (χ1) is 27.8. The molecule has 0 fully saturated rings. The highest BCUT2D eigenvalue weighted by molar-refractivity contribution is 6.13. The van der Waals surface area contributed by atoms with Crippen LogP contribution in [0.5, 0.6) is 0 Å². The molecule has 6 heteroatoms. The zero-order valence-corrected chi connectivity index (χ0v) is 30.2. The van der Waals surface area contributed by atoms with Crippen molar-refractivity contribution in [1.29, 1.82) is 0 Å². The first-order valence-electron chi connectivity index (χ1n) is 18.7. The molecule has 6 nitrogen and oxygen atoms in total. The maximum absolute atomic E-state index is 5.16. The lowest BCUT2D eigenvalue weighted by molar-refractivity contribution is 0.952. The van der Waals surface area contributed by atoms with Crippen LogP contribution < -0.4 is 0 Å². The summed E-state index contributed by atoms with van der Waals surface area (Å²) in [7, 11) is 0. The number of rotatable bonds is 6. The average Bonchev–Trinajstić information content (AvgIpc) is 3.80. The van der Waals surface area contributed by atoms with E-state index in [-0.39, 0.29) is 0 Å². The Morgan fingerprint density at radius 2 is 0.875 bits per heavy atom. The van der Waals surface area contributed by atoms with Crippen molar-refractivity contribution in [1.82, 2.24) is 29.1 Å². The second kappa shape index (κ2) is 13.0. The van der Waals surface area contributed by atoms with E-state index in [1.807, 2.05) is 66.9 Å². The lowest BCUT2D eigenvalue weighted by Crippen LogP contribution is -2.07. The molecule has 0 radical (unpaired) electrons. The van der Waals surface area contributed by atoms with Gasteiger partial charge in [0.25, 0.3) is 0 Å². The van der Waals surface area contributed by atoms with Crippen LogP contribution in [0.25, 0.3) is 100 Å². The summed E-state index contributed by atoms with van der Waals surface area (Å²) in [5, 5.41) is 4.62. The van der Waals surface area contributed by atoms with E-state index in [1.165, 1.54) is 21.8 Å². The minimum atomic E-state index is 0.537. The molecule has 0 amide bonds. The molecule has 4 heterocycles. The van der Waals surface area contributed by atoms with Gasteiger partial charge >= 0.3 is 0 Å². The minimum absolute atomic E-state index is 0.537. The Bertz CT molecular complexity index is 3180. The van der Waals surface area contributed by atoms with E-state index < -0.39 is 0 Å². The summed E-state index contributed by atoms with van der Waals surface area (Å²) < 4.78 is 4.51. The molecule has 0 aliphatic rings. The van der Waals surface area contributed by atoms with Crippen molar-refractivity contribution >= 4 is 43.6 Å². The molecule has 262 valence electrons. The van der Waals surface area contributed by atoms with Gasteiger partial charge in [0, 0.05) is 50.1 Å². The third-order valence-corrected chi connectivity index (χ3v) is 10.6. The summed E-state index contributed by atoms with van der Waals surface area (Å²) in [5.41, 5.74) is 11.4. The van der Waals surface area contributed by atoms with Crippen molar-refractivity contribution in [2.24, 2.45) is 0 Å². The molecular weight excluding hydrogens is 685 g/mol. The Morgan fingerprint density at radius 1 is 0.339 bits per heavy atom. The SMILES string of the molecule is c1ccc(-c2nc(-c3ccccc3)nc(-n3c4ccccc4c4ccnc(-c5cccc(-c6ccc7c(c6)c6ccccc6n7-c6ccccc6)c5)c43)n2)cc1. The van der Waals surface area contributed by atoms with Crippen LogP contribution >= 0.6 is 0 Å². The van der Waals surface area contributed by atoms with E-state index in [2.05, 4.69) is 137 Å². The van der Waals surface area contributed by atoms with Crippen molar-refractivity contribution in [3.63, 3.8) is 0 Å². The van der Waals surface area contributed by atoms with Crippen molar-refractivity contribution in [3.05, 3.63) is 194 Å². The molecular formula is C50H32N6. The highest BCUT2D eigenvalue weighted by Gasteiger charge is 2.21. The molecule has 0 aliphatic carbocycles. The number of hydrogen-bond donors (Lipinski definition) is 0. The van der Waals surface area contributed by atoms with Gasteiger partial charge in [-0.25, -0.2) is 4.98 Å². The molecule has 0 bridgehead atoms. The van der Waals surface area contributed by atoms with Crippen molar-refractivity contribution in [2.75, 3.05) is 0 Å². The zero-order chi connectivity index (χ0) is 37.0.